The number of nitrogens with zero attached hydrogens (tertiary/aromatic N) is 1. The SMILES string of the molecule is CCNc1ccc(C(=O)Nc2nc(C)co2)cc1C. The first-order valence-corrected chi connectivity index (χ1v) is 6.18. The van der Waals surface area contributed by atoms with Crippen LogP contribution in [0.5, 0.6) is 0 Å². The molecule has 0 fully saturated rings. The molecule has 19 heavy (non-hydrogen) atoms. The molecule has 0 aliphatic rings. The number of carbonyl (C=O) groups excluding carboxylic acids is 1. The fourth-order valence-corrected chi connectivity index (χ4v) is 1.77. The van der Waals surface area contributed by atoms with Gasteiger partial charge in [-0.1, -0.05) is 0 Å². The molecular weight excluding hydrogens is 242 g/mol. The Bertz CT molecular complexity index is 590. The van der Waals surface area contributed by atoms with E-state index < -0.39 is 0 Å². The predicted molar refractivity (Wildman–Crippen MR) is 74.5 cm³/mol. The molecule has 0 unspecified atom stereocenters. The minimum Gasteiger partial charge on any atom is -0.432 e. The van der Waals surface area contributed by atoms with Crippen LogP contribution in [-0.4, -0.2) is 17.4 Å². The van der Waals surface area contributed by atoms with Crippen molar-refractivity contribution in [2.24, 2.45) is 0 Å². The van der Waals surface area contributed by atoms with E-state index in [4.69, 9.17) is 4.42 Å². The molecule has 0 saturated carbocycles. The second-order valence-corrected chi connectivity index (χ2v) is 4.31. The van der Waals surface area contributed by atoms with Crippen molar-refractivity contribution in [3.63, 3.8) is 0 Å². The fourth-order valence-electron chi connectivity index (χ4n) is 1.77. The predicted octanol–water partition coefficient (Wildman–Crippen LogP) is 2.98. The van der Waals surface area contributed by atoms with Gasteiger partial charge < -0.3 is 9.73 Å². The van der Waals surface area contributed by atoms with E-state index in [1.807, 2.05) is 26.0 Å². The van der Waals surface area contributed by atoms with Crippen LogP contribution in [-0.2, 0) is 0 Å². The number of hydrogen-bond donors (Lipinski definition) is 2. The highest BCUT2D eigenvalue weighted by atomic mass is 16.4. The molecule has 1 aromatic heterocycles. The van der Waals surface area contributed by atoms with Gasteiger partial charge in [0.2, 0.25) is 0 Å². The van der Waals surface area contributed by atoms with Crippen LogP contribution in [0.15, 0.2) is 28.9 Å². The molecule has 2 rings (SSSR count). The first-order chi connectivity index (χ1) is 9.10. The van der Waals surface area contributed by atoms with E-state index in [2.05, 4.69) is 15.6 Å². The Morgan fingerprint density at radius 2 is 2.16 bits per heavy atom. The highest BCUT2D eigenvalue weighted by molar-refractivity contribution is 6.03. The third-order valence-corrected chi connectivity index (χ3v) is 2.70. The number of rotatable bonds is 4. The van der Waals surface area contributed by atoms with E-state index in [9.17, 15) is 4.79 Å². The van der Waals surface area contributed by atoms with Gasteiger partial charge in [0, 0.05) is 17.8 Å². The molecule has 0 aliphatic heterocycles. The molecule has 0 spiro atoms. The van der Waals surface area contributed by atoms with E-state index >= 15 is 0 Å². The molecule has 1 heterocycles. The number of hydrogen-bond acceptors (Lipinski definition) is 4. The third-order valence-electron chi connectivity index (χ3n) is 2.70. The molecule has 1 amide bonds. The Hall–Kier alpha value is -2.30. The summed E-state index contributed by atoms with van der Waals surface area (Å²) in [7, 11) is 0. The number of nitrogens with one attached hydrogen (secondary N) is 2. The highest BCUT2D eigenvalue weighted by Gasteiger charge is 2.10. The van der Waals surface area contributed by atoms with E-state index in [1.54, 1.807) is 13.0 Å². The second kappa shape index (κ2) is 5.56. The molecule has 1 aromatic carbocycles. The zero-order valence-electron chi connectivity index (χ0n) is 11.3. The number of benzene rings is 1. The van der Waals surface area contributed by atoms with Crippen LogP contribution in [0, 0.1) is 13.8 Å². The maximum atomic E-state index is 12.0. The summed E-state index contributed by atoms with van der Waals surface area (Å²) in [5, 5.41) is 5.85. The normalized spacial score (nSPS) is 10.3. The lowest BCUT2D eigenvalue weighted by molar-refractivity contribution is 0.102. The van der Waals surface area contributed by atoms with Crippen molar-refractivity contribution in [2.75, 3.05) is 17.2 Å². The molecule has 0 bridgehead atoms. The van der Waals surface area contributed by atoms with Gasteiger partial charge in [-0.2, -0.15) is 4.98 Å². The van der Waals surface area contributed by atoms with Crippen molar-refractivity contribution >= 4 is 17.6 Å². The molecule has 0 saturated heterocycles. The number of aromatic nitrogens is 1. The van der Waals surface area contributed by atoms with Crippen molar-refractivity contribution in [1.82, 2.24) is 4.98 Å². The van der Waals surface area contributed by atoms with Crippen molar-refractivity contribution in [3.8, 4) is 0 Å². The summed E-state index contributed by atoms with van der Waals surface area (Å²) in [6.07, 6.45) is 1.50. The quantitative estimate of drug-likeness (QED) is 0.885. The largest absolute Gasteiger partial charge is 0.432 e. The van der Waals surface area contributed by atoms with Crippen LogP contribution in [0.1, 0.15) is 28.5 Å². The highest BCUT2D eigenvalue weighted by Crippen LogP contribution is 2.17. The summed E-state index contributed by atoms with van der Waals surface area (Å²) >= 11 is 0. The Morgan fingerprint density at radius 3 is 2.74 bits per heavy atom. The van der Waals surface area contributed by atoms with Crippen molar-refractivity contribution in [3.05, 3.63) is 41.3 Å². The molecule has 2 N–H and O–H groups in total. The lowest BCUT2D eigenvalue weighted by Gasteiger charge is -2.09. The maximum Gasteiger partial charge on any atom is 0.301 e. The average molecular weight is 259 g/mol. The minimum absolute atomic E-state index is 0.218. The standard InChI is InChI=1S/C14H17N3O2/c1-4-15-12-6-5-11(7-9(12)2)13(18)17-14-16-10(3)8-19-14/h5-8,15H,4H2,1-3H3,(H,16,17,18). The molecule has 0 aliphatic carbocycles. The van der Waals surface area contributed by atoms with Crippen molar-refractivity contribution in [2.45, 2.75) is 20.8 Å². The van der Waals surface area contributed by atoms with Crippen LogP contribution in [0.3, 0.4) is 0 Å². The van der Waals surface area contributed by atoms with E-state index in [-0.39, 0.29) is 11.9 Å². The van der Waals surface area contributed by atoms with Gasteiger partial charge in [0.15, 0.2) is 0 Å². The van der Waals surface area contributed by atoms with Gasteiger partial charge in [-0.25, -0.2) is 0 Å². The Kier molecular flexibility index (Phi) is 3.85. The molecule has 5 nitrogen and oxygen atoms in total. The van der Waals surface area contributed by atoms with E-state index in [1.165, 1.54) is 6.26 Å². The van der Waals surface area contributed by atoms with Crippen LogP contribution < -0.4 is 10.6 Å². The summed E-state index contributed by atoms with van der Waals surface area (Å²) < 4.78 is 5.09. The molecule has 0 atom stereocenters. The molecule has 2 aromatic rings. The molecule has 100 valence electrons. The van der Waals surface area contributed by atoms with Gasteiger partial charge in [0.05, 0.1) is 5.69 Å². The number of oxazole rings is 1. The van der Waals surface area contributed by atoms with Gasteiger partial charge in [-0.05, 0) is 44.5 Å². The van der Waals surface area contributed by atoms with Crippen LogP contribution in [0.4, 0.5) is 11.7 Å². The summed E-state index contributed by atoms with van der Waals surface area (Å²) in [5.74, 6) is -0.229. The van der Waals surface area contributed by atoms with Crippen LogP contribution >= 0.6 is 0 Å². The number of anilines is 2. The first kappa shape index (κ1) is 13.1. The topological polar surface area (TPSA) is 67.2 Å². The Balaban J connectivity index is 2.13. The molecule has 0 radical (unpaired) electrons. The third kappa shape index (κ3) is 3.13. The monoisotopic (exact) mass is 259 g/mol. The minimum atomic E-state index is -0.229. The molecular formula is C14H17N3O2. The maximum absolute atomic E-state index is 12.0. The van der Waals surface area contributed by atoms with Gasteiger partial charge in [0.1, 0.15) is 6.26 Å². The Labute approximate surface area is 112 Å². The summed E-state index contributed by atoms with van der Waals surface area (Å²) in [5.41, 5.74) is 3.37. The van der Waals surface area contributed by atoms with Crippen molar-refractivity contribution < 1.29 is 9.21 Å². The lowest BCUT2D eigenvalue weighted by atomic mass is 10.1. The van der Waals surface area contributed by atoms with Gasteiger partial charge in [-0.3, -0.25) is 10.1 Å². The number of carbonyl (C=O) groups is 1. The van der Waals surface area contributed by atoms with Gasteiger partial charge in [-0.15, -0.1) is 0 Å². The van der Waals surface area contributed by atoms with Crippen LogP contribution in [0.25, 0.3) is 0 Å². The average Bonchev–Trinajstić information content (AvgIpc) is 2.77. The summed E-state index contributed by atoms with van der Waals surface area (Å²) in [6, 6.07) is 5.73. The zero-order valence-corrected chi connectivity index (χ0v) is 11.3. The second-order valence-electron chi connectivity index (χ2n) is 4.31. The van der Waals surface area contributed by atoms with Crippen molar-refractivity contribution in [1.29, 1.82) is 0 Å². The summed E-state index contributed by atoms with van der Waals surface area (Å²) in [4.78, 5) is 16.0. The van der Waals surface area contributed by atoms with Crippen LogP contribution in [0.2, 0.25) is 0 Å². The number of amides is 1. The fraction of sp³-hybridized carbons (Fsp3) is 0.286. The van der Waals surface area contributed by atoms with E-state index in [0.29, 0.717) is 5.56 Å². The lowest BCUT2D eigenvalue weighted by Crippen LogP contribution is -2.12. The summed E-state index contributed by atoms with van der Waals surface area (Å²) in [6.45, 7) is 6.64. The smallest absolute Gasteiger partial charge is 0.301 e. The Morgan fingerprint density at radius 1 is 1.37 bits per heavy atom. The zero-order chi connectivity index (χ0) is 13.8. The van der Waals surface area contributed by atoms with E-state index in [0.717, 1.165) is 23.5 Å². The number of aryl methyl sites for hydroxylation is 2. The first-order valence-electron chi connectivity index (χ1n) is 6.18. The molecule has 5 heteroatoms. The van der Waals surface area contributed by atoms with Gasteiger partial charge in [0.25, 0.3) is 5.91 Å². The van der Waals surface area contributed by atoms with Gasteiger partial charge >= 0.3 is 6.01 Å².